The zero-order valence-corrected chi connectivity index (χ0v) is 13.9. The maximum atomic E-state index is 12.1. The third kappa shape index (κ3) is 4.83. The van der Waals surface area contributed by atoms with Crippen LogP contribution in [0.25, 0.3) is 0 Å². The molecule has 0 aliphatic carbocycles. The summed E-state index contributed by atoms with van der Waals surface area (Å²) in [4.78, 5) is 24.0. The lowest BCUT2D eigenvalue weighted by molar-refractivity contribution is -0.121. The number of halogens is 1. The maximum Gasteiger partial charge on any atom is 0.251 e. The van der Waals surface area contributed by atoms with E-state index in [1.54, 1.807) is 36.4 Å². The molecular weight excluding hydrogens is 312 g/mol. The molecule has 0 heterocycles. The highest BCUT2D eigenvalue weighted by Crippen LogP contribution is 2.21. The van der Waals surface area contributed by atoms with E-state index < -0.39 is 5.54 Å². The number of carbonyl (C=O) groups excluding carboxylic acids is 2. The fourth-order valence-electron chi connectivity index (χ4n) is 2.18. The van der Waals surface area contributed by atoms with E-state index in [1.807, 2.05) is 32.0 Å². The summed E-state index contributed by atoms with van der Waals surface area (Å²) in [7, 11) is 0. The zero-order valence-electron chi connectivity index (χ0n) is 13.1. The lowest BCUT2D eigenvalue weighted by Crippen LogP contribution is -2.45. The van der Waals surface area contributed by atoms with Gasteiger partial charge in [-0.15, -0.1) is 0 Å². The van der Waals surface area contributed by atoms with Crippen molar-refractivity contribution in [3.63, 3.8) is 0 Å². The summed E-state index contributed by atoms with van der Waals surface area (Å²) in [6.07, 6.45) is 0. The molecule has 0 aliphatic heterocycles. The van der Waals surface area contributed by atoms with Crippen molar-refractivity contribution in [3.05, 3.63) is 70.7 Å². The van der Waals surface area contributed by atoms with Gasteiger partial charge in [-0.3, -0.25) is 9.59 Å². The van der Waals surface area contributed by atoms with Crippen LogP contribution in [-0.2, 0) is 10.3 Å². The van der Waals surface area contributed by atoms with Gasteiger partial charge in [0, 0.05) is 10.6 Å². The van der Waals surface area contributed by atoms with Crippen LogP contribution in [0.3, 0.4) is 0 Å². The number of carbonyl (C=O) groups is 2. The minimum absolute atomic E-state index is 0.0786. The van der Waals surface area contributed by atoms with Gasteiger partial charge in [-0.1, -0.05) is 41.9 Å². The molecule has 0 saturated carbocycles. The highest BCUT2D eigenvalue weighted by molar-refractivity contribution is 6.30. The number of rotatable bonds is 5. The molecule has 2 aromatic carbocycles. The van der Waals surface area contributed by atoms with Crippen molar-refractivity contribution < 1.29 is 9.59 Å². The zero-order chi connectivity index (χ0) is 16.9. The Morgan fingerprint density at radius 3 is 2.22 bits per heavy atom. The van der Waals surface area contributed by atoms with E-state index in [9.17, 15) is 9.59 Å². The molecule has 4 nitrogen and oxygen atoms in total. The smallest absolute Gasteiger partial charge is 0.251 e. The number of nitrogens with one attached hydrogen (secondary N) is 2. The standard InChI is InChI=1S/C18H19ClN2O2/c1-18(2,14-8-10-15(19)11-9-14)21-16(22)12-20-17(23)13-6-4-3-5-7-13/h3-11H,12H2,1-2H3,(H,20,23)(H,21,22). The minimum atomic E-state index is -0.556. The topological polar surface area (TPSA) is 58.2 Å². The Morgan fingerprint density at radius 2 is 1.61 bits per heavy atom. The molecule has 2 rings (SSSR count). The summed E-state index contributed by atoms with van der Waals surface area (Å²) >= 11 is 5.88. The molecule has 0 fully saturated rings. The first-order valence-corrected chi connectivity index (χ1v) is 7.66. The van der Waals surface area contributed by atoms with Crippen LogP contribution < -0.4 is 10.6 Å². The average Bonchev–Trinajstić information content (AvgIpc) is 2.53. The van der Waals surface area contributed by atoms with Gasteiger partial charge >= 0.3 is 0 Å². The first kappa shape index (κ1) is 17.0. The van der Waals surface area contributed by atoms with Gasteiger partial charge in [0.05, 0.1) is 12.1 Å². The van der Waals surface area contributed by atoms with Crippen molar-refractivity contribution in [3.8, 4) is 0 Å². The largest absolute Gasteiger partial charge is 0.346 e. The predicted molar refractivity (Wildman–Crippen MR) is 91.4 cm³/mol. The highest BCUT2D eigenvalue weighted by atomic mass is 35.5. The van der Waals surface area contributed by atoms with Gasteiger partial charge in [0.1, 0.15) is 0 Å². The van der Waals surface area contributed by atoms with E-state index in [-0.39, 0.29) is 18.4 Å². The van der Waals surface area contributed by atoms with Crippen LogP contribution in [0.5, 0.6) is 0 Å². The summed E-state index contributed by atoms with van der Waals surface area (Å²) in [5, 5.41) is 6.16. The first-order chi connectivity index (χ1) is 10.9. The predicted octanol–water partition coefficient (Wildman–Crippen LogP) is 3.12. The second-order valence-electron chi connectivity index (χ2n) is 5.73. The summed E-state index contributed by atoms with van der Waals surface area (Å²) in [5.41, 5.74) is 0.904. The Morgan fingerprint density at radius 1 is 1.00 bits per heavy atom. The van der Waals surface area contributed by atoms with Gasteiger partial charge in [-0.2, -0.15) is 0 Å². The molecule has 120 valence electrons. The summed E-state index contributed by atoms with van der Waals surface area (Å²) in [5.74, 6) is -0.528. The fourth-order valence-corrected chi connectivity index (χ4v) is 2.31. The Hall–Kier alpha value is -2.33. The quantitative estimate of drug-likeness (QED) is 0.885. The monoisotopic (exact) mass is 330 g/mol. The van der Waals surface area contributed by atoms with Crippen LogP contribution in [0.2, 0.25) is 5.02 Å². The molecular formula is C18H19ClN2O2. The van der Waals surface area contributed by atoms with Crippen LogP contribution in [0.15, 0.2) is 54.6 Å². The second-order valence-corrected chi connectivity index (χ2v) is 6.17. The Kier molecular flexibility index (Phi) is 5.40. The molecule has 2 amide bonds. The minimum Gasteiger partial charge on any atom is -0.346 e. The van der Waals surface area contributed by atoms with E-state index in [0.717, 1.165) is 5.56 Å². The van der Waals surface area contributed by atoms with Crippen LogP contribution >= 0.6 is 11.6 Å². The van der Waals surface area contributed by atoms with Crippen LogP contribution in [0.4, 0.5) is 0 Å². The van der Waals surface area contributed by atoms with Crippen molar-refractivity contribution in [2.24, 2.45) is 0 Å². The lowest BCUT2D eigenvalue weighted by atomic mass is 9.94. The molecule has 5 heteroatoms. The number of benzene rings is 2. The van der Waals surface area contributed by atoms with E-state index >= 15 is 0 Å². The van der Waals surface area contributed by atoms with Crippen molar-refractivity contribution in [1.82, 2.24) is 10.6 Å². The molecule has 0 saturated heterocycles. The number of amides is 2. The molecule has 23 heavy (non-hydrogen) atoms. The second kappa shape index (κ2) is 7.29. The Balaban J connectivity index is 1.91. The molecule has 0 aromatic heterocycles. The maximum absolute atomic E-state index is 12.1. The SMILES string of the molecule is CC(C)(NC(=O)CNC(=O)c1ccccc1)c1ccc(Cl)cc1. The number of hydrogen-bond acceptors (Lipinski definition) is 2. The van der Waals surface area contributed by atoms with Crippen molar-refractivity contribution in [2.75, 3.05) is 6.54 Å². The van der Waals surface area contributed by atoms with Crippen molar-refractivity contribution >= 4 is 23.4 Å². The van der Waals surface area contributed by atoms with Gasteiger partial charge < -0.3 is 10.6 Å². The molecule has 0 radical (unpaired) electrons. The van der Waals surface area contributed by atoms with E-state index in [1.165, 1.54) is 0 Å². The lowest BCUT2D eigenvalue weighted by Gasteiger charge is -2.27. The first-order valence-electron chi connectivity index (χ1n) is 7.29. The number of hydrogen-bond donors (Lipinski definition) is 2. The molecule has 0 atom stereocenters. The molecule has 0 unspecified atom stereocenters. The summed E-state index contributed by atoms with van der Waals surface area (Å²) in [6, 6.07) is 16.1. The Labute approximate surface area is 140 Å². The average molecular weight is 331 g/mol. The van der Waals surface area contributed by atoms with Gasteiger partial charge in [0.15, 0.2) is 0 Å². The molecule has 2 N–H and O–H groups in total. The fraction of sp³-hybridized carbons (Fsp3) is 0.222. The van der Waals surface area contributed by atoms with Gasteiger partial charge in [0.25, 0.3) is 5.91 Å². The van der Waals surface area contributed by atoms with E-state index in [4.69, 9.17) is 11.6 Å². The van der Waals surface area contributed by atoms with Crippen molar-refractivity contribution in [2.45, 2.75) is 19.4 Å². The molecule has 0 bridgehead atoms. The van der Waals surface area contributed by atoms with Gasteiger partial charge in [-0.05, 0) is 43.7 Å². The van der Waals surface area contributed by atoms with E-state index in [0.29, 0.717) is 10.6 Å². The third-order valence-corrected chi connectivity index (χ3v) is 3.72. The van der Waals surface area contributed by atoms with Gasteiger partial charge in [0.2, 0.25) is 5.91 Å². The van der Waals surface area contributed by atoms with Gasteiger partial charge in [-0.25, -0.2) is 0 Å². The molecule has 0 aliphatic rings. The Bertz CT molecular complexity index is 682. The molecule has 2 aromatic rings. The van der Waals surface area contributed by atoms with Crippen LogP contribution in [0.1, 0.15) is 29.8 Å². The normalized spacial score (nSPS) is 10.9. The third-order valence-electron chi connectivity index (χ3n) is 3.46. The summed E-state index contributed by atoms with van der Waals surface area (Å²) < 4.78 is 0. The van der Waals surface area contributed by atoms with Crippen LogP contribution in [0, 0.1) is 0 Å². The highest BCUT2D eigenvalue weighted by Gasteiger charge is 2.22. The summed E-state index contributed by atoms with van der Waals surface area (Å²) in [6.45, 7) is 3.71. The van der Waals surface area contributed by atoms with Crippen LogP contribution in [-0.4, -0.2) is 18.4 Å². The molecule has 0 spiro atoms. The van der Waals surface area contributed by atoms with Crippen molar-refractivity contribution in [1.29, 1.82) is 0 Å². The van der Waals surface area contributed by atoms with E-state index in [2.05, 4.69) is 10.6 Å².